The van der Waals surface area contributed by atoms with E-state index < -0.39 is 0 Å². The molecule has 0 aliphatic carbocycles. The molecule has 0 spiro atoms. The zero-order valence-corrected chi connectivity index (χ0v) is 6.69. The number of likely N-dealkylation sites (tertiary alicyclic amines) is 1. The van der Waals surface area contributed by atoms with Gasteiger partial charge < -0.3 is 10.2 Å². The molecule has 0 aromatic heterocycles. The first-order valence-electron chi connectivity index (χ1n) is 4.02. The van der Waals surface area contributed by atoms with E-state index in [-0.39, 0.29) is 0 Å². The number of nitrogens with one attached hydrogen (secondary N) is 1. The van der Waals surface area contributed by atoms with E-state index in [0.717, 1.165) is 12.4 Å². The summed E-state index contributed by atoms with van der Waals surface area (Å²) >= 11 is 0. The van der Waals surface area contributed by atoms with Crippen LogP contribution >= 0.6 is 0 Å². The van der Waals surface area contributed by atoms with Crippen LogP contribution in [-0.4, -0.2) is 24.5 Å². The maximum absolute atomic E-state index is 3.94. The van der Waals surface area contributed by atoms with Gasteiger partial charge in [-0.3, -0.25) is 0 Å². The largest absolute Gasteiger partial charge is 0.373 e. The predicted octanol–water partition coefficient (Wildman–Crippen LogP) is 1.16. The Hall–Kier alpha value is -0.660. The summed E-state index contributed by atoms with van der Waals surface area (Å²) in [4.78, 5) is 2.31. The number of rotatable bonds is 3. The molecule has 0 bridgehead atoms. The third-order valence-corrected chi connectivity index (χ3v) is 1.87. The van der Waals surface area contributed by atoms with Crippen LogP contribution in [0.3, 0.4) is 0 Å². The van der Waals surface area contributed by atoms with Gasteiger partial charge >= 0.3 is 0 Å². The van der Waals surface area contributed by atoms with E-state index in [4.69, 9.17) is 0 Å². The molecule has 1 heterocycles. The average Bonchev–Trinajstić information content (AvgIpc) is 2.38. The van der Waals surface area contributed by atoms with E-state index in [0.29, 0.717) is 0 Å². The molecule has 0 radical (unpaired) electrons. The minimum atomic E-state index is 0.981. The molecule has 58 valence electrons. The molecule has 0 aromatic rings. The van der Waals surface area contributed by atoms with Gasteiger partial charge in [0.1, 0.15) is 0 Å². The summed E-state index contributed by atoms with van der Waals surface area (Å²) in [6.07, 6.45) is 2.65. The quantitative estimate of drug-likeness (QED) is 0.633. The Balaban J connectivity index is 2.25. The van der Waals surface area contributed by atoms with Gasteiger partial charge in [-0.05, 0) is 19.8 Å². The van der Waals surface area contributed by atoms with Gasteiger partial charge in [-0.2, -0.15) is 0 Å². The van der Waals surface area contributed by atoms with Crippen LogP contribution in [0.2, 0.25) is 0 Å². The van der Waals surface area contributed by atoms with Gasteiger partial charge in [0.2, 0.25) is 0 Å². The molecule has 1 aliphatic heterocycles. The van der Waals surface area contributed by atoms with E-state index in [1.54, 1.807) is 0 Å². The SMILES string of the molecule is C=C(NCC)N1CCCC1. The Bertz CT molecular complexity index is 114. The van der Waals surface area contributed by atoms with Crippen LogP contribution in [0.1, 0.15) is 19.8 Å². The zero-order chi connectivity index (χ0) is 7.40. The summed E-state index contributed by atoms with van der Waals surface area (Å²) in [5.74, 6) is 1.10. The number of nitrogens with zero attached hydrogens (tertiary/aromatic N) is 1. The molecule has 0 unspecified atom stereocenters. The lowest BCUT2D eigenvalue weighted by molar-refractivity contribution is 0.395. The van der Waals surface area contributed by atoms with Crippen molar-refractivity contribution in [3.05, 3.63) is 12.4 Å². The summed E-state index contributed by atoms with van der Waals surface area (Å²) in [5.41, 5.74) is 0. The van der Waals surface area contributed by atoms with Gasteiger partial charge in [0.15, 0.2) is 0 Å². The molecule has 1 aliphatic rings. The fourth-order valence-electron chi connectivity index (χ4n) is 1.30. The Kier molecular flexibility index (Phi) is 2.60. The molecule has 0 aromatic carbocycles. The normalized spacial score (nSPS) is 17.5. The van der Waals surface area contributed by atoms with Crippen LogP contribution in [-0.2, 0) is 0 Å². The van der Waals surface area contributed by atoms with Crippen molar-refractivity contribution in [2.45, 2.75) is 19.8 Å². The first-order chi connectivity index (χ1) is 4.84. The van der Waals surface area contributed by atoms with Gasteiger partial charge in [0.25, 0.3) is 0 Å². The van der Waals surface area contributed by atoms with E-state index in [9.17, 15) is 0 Å². The molecule has 1 rings (SSSR count). The summed E-state index contributed by atoms with van der Waals surface area (Å²) in [6, 6.07) is 0. The third kappa shape index (κ3) is 1.66. The predicted molar refractivity (Wildman–Crippen MR) is 43.6 cm³/mol. The second-order valence-electron chi connectivity index (χ2n) is 2.67. The average molecular weight is 140 g/mol. The second-order valence-corrected chi connectivity index (χ2v) is 2.67. The van der Waals surface area contributed by atoms with Crippen LogP contribution in [0.25, 0.3) is 0 Å². The first kappa shape index (κ1) is 7.45. The highest BCUT2D eigenvalue weighted by molar-refractivity contribution is 4.92. The van der Waals surface area contributed by atoms with Crippen LogP contribution in [0.5, 0.6) is 0 Å². The standard InChI is InChI=1S/C8H16N2/c1-3-9-8(2)10-6-4-5-7-10/h9H,2-7H2,1H3. The molecule has 2 nitrogen and oxygen atoms in total. The molecule has 2 heteroatoms. The molecule has 0 amide bonds. The lowest BCUT2D eigenvalue weighted by atomic mass is 10.4. The van der Waals surface area contributed by atoms with Gasteiger partial charge in [-0.25, -0.2) is 0 Å². The second kappa shape index (κ2) is 3.49. The van der Waals surface area contributed by atoms with Gasteiger partial charge in [0, 0.05) is 19.6 Å². The lowest BCUT2D eigenvalue weighted by Gasteiger charge is -2.20. The van der Waals surface area contributed by atoms with Crippen molar-refractivity contribution in [3.63, 3.8) is 0 Å². The maximum atomic E-state index is 3.94. The van der Waals surface area contributed by atoms with Gasteiger partial charge in [0.05, 0.1) is 5.82 Å². The molecule has 0 atom stereocenters. The maximum Gasteiger partial charge on any atom is 0.0938 e. The molecule has 10 heavy (non-hydrogen) atoms. The van der Waals surface area contributed by atoms with E-state index in [1.165, 1.54) is 25.9 Å². The number of hydrogen-bond acceptors (Lipinski definition) is 2. The Labute approximate surface area is 62.9 Å². The van der Waals surface area contributed by atoms with E-state index in [2.05, 4.69) is 23.7 Å². The fraction of sp³-hybridized carbons (Fsp3) is 0.750. The summed E-state index contributed by atoms with van der Waals surface area (Å²) in [6.45, 7) is 9.39. The molecule has 1 fully saturated rings. The van der Waals surface area contributed by atoms with Gasteiger partial charge in [-0.15, -0.1) is 0 Å². The molecule has 1 saturated heterocycles. The summed E-state index contributed by atoms with van der Waals surface area (Å²) in [7, 11) is 0. The Morgan fingerprint density at radius 1 is 1.50 bits per heavy atom. The zero-order valence-electron chi connectivity index (χ0n) is 6.69. The lowest BCUT2D eigenvalue weighted by Crippen LogP contribution is -2.28. The summed E-state index contributed by atoms with van der Waals surface area (Å²) < 4.78 is 0. The van der Waals surface area contributed by atoms with Crippen molar-refractivity contribution in [1.82, 2.24) is 10.2 Å². The minimum Gasteiger partial charge on any atom is -0.373 e. The van der Waals surface area contributed by atoms with Crippen LogP contribution in [0.15, 0.2) is 12.4 Å². The molecular weight excluding hydrogens is 124 g/mol. The minimum absolute atomic E-state index is 0.981. The van der Waals surface area contributed by atoms with Crippen molar-refractivity contribution >= 4 is 0 Å². The highest BCUT2D eigenvalue weighted by atomic mass is 15.2. The highest BCUT2D eigenvalue weighted by Crippen LogP contribution is 2.10. The summed E-state index contributed by atoms with van der Waals surface area (Å²) in [5, 5.41) is 3.22. The van der Waals surface area contributed by atoms with E-state index in [1.807, 2.05) is 0 Å². The Morgan fingerprint density at radius 3 is 2.60 bits per heavy atom. The number of hydrogen-bond donors (Lipinski definition) is 1. The van der Waals surface area contributed by atoms with Crippen molar-refractivity contribution in [1.29, 1.82) is 0 Å². The van der Waals surface area contributed by atoms with Crippen LogP contribution in [0.4, 0.5) is 0 Å². The van der Waals surface area contributed by atoms with Crippen LogP contribution in [0, 0.1) is 0 Å². The highest BCUT2D eigenvalue weighted by Gasteiger charge is 2.11. The monoisotopic (exact) mass is 140 g/mol. The van der Waals surface area contributed by atoms with Crippen molar-refractivity contribution < 1.29 is 0 Å². The van der Waals surface area contributed by atoms with Crippen molar-refractivity contribution in [2.24, 2.45) is 0 Å². The van der Waals surface area contributed by atoms with E-state index >= 15 is 0 Å². The first-order valence-corrected chi connectivity index (χ1v) is 4.02. The van der Waals surface area contributed by atoms with Crippen molar-refractivity contribution in [3.8, 4) is 0 Å². The third-order valence-electron chi connectivity index (χ3n) is 1.87. The fourth-order valence-corrected chi connectivity index (χ4v) is 1.30. The van der Waals surface area contributed by atoms with Gasteiger partial charge in [-0.1, -0.05) is 6.58 Å². The molecular formula is C8H16N2. The molecule has 0 saturated carbocycles. The smallest absolute Gasteiger partial charge is 0.0938 e. The van der Waals surface area contributed by atoms with Crippen LogP contribution < -0.4 is 5.32 Å². The molecule has 1 N–H and O–H groups in total. The topological polar surface area (TPSA) is 15.3 Å². The Morgan fingerprint density at radius 2 is 2.10 bits per heavy atom. The van der Waals surface area contributed by atoms with Crippen molar-refractivity contribution in [2.75, 3.05) is 19.6 Å².